The van der Waals surface area contributed by atoms with Crippen LogP contribution in [0.2, 0.25) is 0 Å². The molecule has 0 aliphatic carbocycles. The predicted octanol–water partition coefficient (Wildman–Crippen LogP) is 6.95. The first kappa shape index (κ1) is 31.1. The molecule has 1 aromatic heterocycles. The number of nitro benzene ring substituents is 1. The zero-order chi connectivity index (χ0) is 32.4. The van der Waals surface area contributed by atoms with Gasteiger partial charge in [0.25, 0.3) is 11.6 Å². The van der Waals surface area contributed by atoms with Crippen LogP contribution >= 0.6 is 0 Å². The van der Waals surface area contributed by atoms with Gasteiger partial charge in [0.1, 0.15) is 11.6 Å². The summed E-state index contributed by atoms with van der Waals surface area (Å²) in [5, 5.41) is 24.4. The van der Waals surface area contributed by atoms with Crippen LogP contribution in [0.25, 0.3) is 33.2 Å². The molecule has 2 unspecified atom stereocenters. The second-order valence-corrected chi connectivity index (χ2v) is 11.5. The van der Waals surface area contributed by atoms with E-state index in [-0.39, 0.29) is 17.1 Å². The summed E-state index contributed by atoms with van der Waals surface area (Å²) in [6.45, 7) is 5.04. The Morgan fingerprint density at radius 3 is 2.13 bits per heavy atom. The van der Waals surface area contributed by atoms with E-state index in [9.17, 15) is 33.6 Å². The number of hydrogen-bond acceptors (Lipinski definition) is 7. The van der Waals surface area contributed by atoms with Gasteiger partial charge in [-0.1, -0.05) is 62.4 Å². The number of rotatable bonds is 10. The third-order valence-corrected chi connectivity index (χ3v) is 8.18. The molecule has 11 nitrogen and oxygen atoms in total. The van der Waals surface area contributed by atoms with E-state index in [4.69, 9.17) is 4.42 Å². The molecule has 0 saturated carbocycles. The summed E-state index contributed by atoms with van der Waals surface area (Å²) in [6.07, 6.45) is 0. The largest absolute Gasteiger partial charge is 0.755 e. The standard InChI is InChI=1S/C33H29N3O8S/c1-19(2)30(33(38)39)35(45(42)43)25-16-12-22(13-17-25)21-10-14-24(15-11-21)34-32(37)31-20(3)29-27(8-5-9-28(29)44-31)23-6-4-7-26(18-23)36(40)41/h4-19,30H,1-3H3,(H,34,37)(H,38,39)(H,42,43)/p-1. The van der Waals surface area contributed by atoms with Gasteiger partial charge in [-0.2, -0.15) is 0 Å². The van der Waals surface area contributed by atoms with E-state index in [1.165, 1.54) is 12.1 Å². The van der Waals surface area contributed by atoms with Crippen LogP contribution in [0.3, 0.4) is 0 Å². The minimum Gasteiger partial charge on any atom is -0.755 e. The van der Waals surface area contributed by atoms with Gasteiger partial charge in [0, 0.05) is 45.7 Å². The third-order valence-electron chi connectivity index (χ3n) is 7.42. The van der Waals surface area contributed by atoms with E-state index >= 15 is 0 Å². The maximum absolute atomic E-state index is 13.3. The number of carbonyl (C=O) groups excluding carboxylic acids is 1. The molecule has 1 heterocycles. The van der Waals surface area contributed by atoms with Gasteiger partial charge in [-0.3, -0.25) is 23.4 Å². The minimum atomic E-state index is -2.79. The fourth-order valence-electron chi connectivity index (χ4n) is 5.28. The Balaban J connectivity index is 1.36. The summed E-state index contributed by atoms with van der Waals surface area (Å²) in [7, 11) is 0. The normalized spacial score (nSPS) is 12.6. The van der Waals surface area contributed by atoms with Crippen molar-refractivity contribution >= 4 is 51.2 Å². The fourth-order valence-corrected chi connectivity index (χ4v) is 6.09. The van der Waals surface area contributed by atoms with Gasteiger partial charge in [-0.15, -0.1) is 0 Å². The number of aryl methyl sites for hydroxylation is 1. The second kappa shape index (κ2) is 12.7. The number of aliphatic carboxylic acids is 1. The molecule has 0 radical (unpaired) electrons. The monoisotopic (exact) mass is 626 g/mol. The molecule has 2 atom stereocenters. The summed E-state index contributed by atoms with van der Waals surface area (Å²) >= 11 is -2.79. The van der Waals surface area contributed by atoms with Crippen molar-refractivity contribution in [3.05, 3.63) is 112 Å². The number of benzene rings is 4. The van der Waals surface area contributed by atoms with Crippen LogP contribution in [0.4, 0.5) is 17.1 Å². The highest BCUT2D eigenvalue weighted by Gasteiger charge is 2.30. The van der Waals surface area contributed by atoms with Gasteiger partial charge in [-0.05, 0) is 65.4 Å². The molecule has 5 rings (SSSR count). The molecule has 4 aromatic carbocycles. The summed E-state index contributed by atoms with van der Waals surface area (Å²) in [5.74, 6) is -2.05. The maximum Gasteiger partial charge on any atom is 0.327 e. The molecule has 230 valence electrons. The molecule has 0 aliphatic rings. The third kappa shape index (κ3) is 6.33. The van der Waals surface area contributed by atoms with Crippen LogP contribution in [-0.4, -0.2) is 36.7 Å². The van der Waals surface area contributed by atoms with Crippen LogP contribution in [0.15, 0.2) is 95.4 Å². The van der Waals surface area contributed by atoms with Gasteiger partial charge >= 0.3 is 5.97 Å². The van der Waals surface area contributed by atoms with Crippen molar-refractivity contribution in [3.63, 3.8) is 0 Å². The number of nitrogens with zero attached hydrogens (tertiary/aromatic N) is 2. The lowest BCUT2D eigenvalue weighted by atomic mass is 9.98. The van der Waals surface area contributed by atoms with Crippen molar-refractivity contribution in [2.75, 3.05) is 9.62 Å². The first-order valence-corrected chi connectivity index (χ1v) is 14.9. The average Bonchev–Trinajstić information content (AvgIpc) is 3.36. The molecule has 45 heavy (non-hydrogen) atoms. The Hall–Kier alpha value is -5.33. The van der Waals surface area contributed by atoms with E-state index in [0.29, 0.717) is 33.3 Å². The summed E-state index contributed by atoms with van der Waals surface area (Å²) < 4.78 is 30.6. The number of nitro groups is 1. The lowest BCUT2D eigenvalue weighted by Gasteiger charge is -2.34. The molecule has 5 aromatic rings. The van der Waals surface area contributed by atoms with Crippen molar-refractivity contribution in [3.8, 4) is 22.3 Å². The van der Waals surface area contributed by atoms with Crippen LogP contribution in [0, 0.1) is 23.0 Å². The number of carboxylic acids is 1. The fraction of sp³-hybridized carbons (Fsp3) is 0.152. The topological polar surface area (TPSA) is 166 Å². The van der Waals surface area contributed by atoms with Gasteiger partial charge in [0.2, 0.25) is 0 Å². The predicted molar refractivity (Wildman–Crippen MR) is 171 cm³/mol. The first-order chi connectivity index (χ1) is 21.5. The summed E-state index contributed by atoms with van der Waals surface area (Å²) in [6, 6.07) is 23.8. The molecule has 0 saturated heterocycles. The average molecular weight is 627 g/mol. The summed E-state index contributed by atoms with van der Waals surface area (Å²) in [4.78, 5) is 35.9. The van der Waals surface area contributed by atoms with Crippen LogP contribution < -0.4 is 9.62 Å². The van der Waals surface area contributed by atoms with Crippen molar-refractivity contribution in [2.24, 2.45) is 5.92 Å². The lowest BCUT2D eigenvalue weighted by molar-refractivity contribution is -0.384. The van der Waals surface area contributed by atoms with Crippen LogP contribution in [0.5, 0.6) is 0 Å². The molecule has 12 heteroatoms. The maximum atomic E-state index is 13.3. The Morgan fingerprint density at radius 2 is 1.56 bits per heavy atom. The van der Waals surface area contributed by atoms with Gasteiger partial charge in [0.15, 0.2) is 5.76 Å². The van der Waals surface area contributed by atoms with E-state index in [0.717, 1.165) is 15.4 Å². The molecular formula is C33H28N3O8S-. The Bertz CT molecular complexity index is 1930. The SMILES string of the molecule is Cc1c(C(=O)Nc2ccc(-c3ccc(N(C(C(=O)O)C(C)C)S(=O)[O-])cc3)cc2)oc2cccc(-c3cccc([N+](=O)[O-])c3)c12. The highest BCUT2D eigenvalue weighted by atomic mass is 32.2. The molecule has 2 N–H and O–H groups in total. The van der Waals surface area contributed by atoms with Gasteiger partial charge in [0.05, 0.1) is 4.92 Å². The molecule has 0 fully saturated rings. The number of carboxylic acid groups (broad SMARTS) is 1. The lowest BCUT2D eigenvalue weighted by Crippen LogP contribution is -2.45. The number of carbonyl (C=O) groups is 2. The van der Waals surface area contributed by atoms with E-state index in [1.54, 1.807) is 93.6 Å². The number of non-ortho nitro benzene ring substituents is 1. The van der Waals surface area contributed by atoms with E-state index in [2.05, 4.69) is 5.32 Å². The summed E-state index contributed by atoms with van der Waals surface area (Å²) in [5.41, 5.74) is 4.65. The van der Waals surface area contributed by atoms with E-state index < -0.39 is 40.0 Å². The van der Waals surface area contributed by atoms with Crippen LogP contribution in [-0.2, 0) is 16.1 Å². The van der Waals surface area contributed by atoms with Crippen LogP contribution in [0.1, 0.15) is 30.0 Å². The van der Waals surface area contributed by atoms with Crippen molar-refractivity contribution in [1.82, 2.24) is 0 Å². The number of hydrogen-bond donors (Lipinski definition) is 2. The highest BCUT2D eigenvalue weighted by Crippen LogP contribution is 2.36. The zero-order valence-corrected chi connectivity index (χ0v) is 25.2. The first-order valence-electron chi connectivity index (χ1n) is 13.9. The van der Waals surface area contributed by atoms with Crippen molar-refractivity contribution < 1.29 is 32.8 Å². The number of fused-ring (bicyclic) bond motifs is 1. The van der Waals surface area contributed by atoms with E-state index in [1.807, 2.05) is 6.07 Å². The Labute approximate surface area is 260 Å². The molecule has 0 spiro atoms. The van der Waals surface area contributed by atoms with Gasteiger partial charge in [-0.25, -0.2) is 4.79 Å². The molecule has 1 amide bonds. The molecule has 0 aliphatic heterocycles. The Kier molecular flexibility index (Phi) is 8.80. The zero-order valence-electron chi connectivity index (χ0n) is 24.4. The quantitative estimate of drug-likeness (QED) is 0.0955. The van der Waals surface area contributed by atoms with Gasteiger partial charge < -0.3 is 19.4 Å². The number of anilines is 2. The highest BCUT2D eigenvalue weighted by molar-refractivity contribution is 7.80. The van der Waals surface area contributed by atoms with Crippen molar-refractivity contribution in [2.45, 2.75) is 26.8 Å². The second-order valence-electron chi connectivity index (χ2n) is 10.7. The molecule has 0 bridgehead atoms. The number of furan rings is 1. The Morgan fingerprint density at radius 1 is 0.933 bits per heavy atom. The molecular weight excluding hydrogens is 598 g/mol. The van der Waals surface area contributed by atoms with Crippen molar-refractivity contribution in [1.29, 1.82) is 0 Å². The number of amides is 1. The minimum absolute atomic E-state index is 0.0400. The number of nitrogens with one attached hydrogen (secondary N) is 1. The smallest absolute Gasteiger partial charge is 0.327 e.